The van der Waals surface area contributed by atoms with Crippen molar-refractivity contribution in [1.82, 2.24) is 10.2 Å². The van der Waals surface area contributed by atoms with E-state index in [2.05, 4.69) is 42.9 Å². The first-order valence-electron chi connectivity index (χ1n) is 6.39. The molecule has 0 amide bonds. The van der Waals surface area contributed by atoms with Crippen LogP contribution in [-0.2, 0) is 6.54 Å². The van der Waals surface area contributed by atoms with Gasteiger partial charge in [0.25, 0.3) is 0 Å². The molecule has 0 atom stereocenters. The first-order chi connectivity index (χ1) is 8.38. The highest BCUT2D eigenvalue weighted by molar-refractivity contribution is 14.0. The molecule has 1 aliphatic heterocycles. The van der Waals surface area contributed by atoms with Crippen molar-refractivity contribution in [2.45, 2.75) is 39.8 Å². The van der Waals surface area contributed by atoms with E-state index in [0.717, 1.165) is 18.3 Å². The Labute approximate surface area is 132 Å². The third-order valence-corrected chi connectivity index (χ3v) is 4.35. The summed E-state index contributed by atoms with van der Waals surface area (Å²) < 4.78 is 5.32. The number of hydrogen-bond donors (Lipinski definition) is 1. The van der Waals surface area contributed by atoms with E-state index in [1.807, 2.05) is 19.2 Å². The summed E-state index contributed by atoms with van der Waals surface area (Å²) in [5.41, 5.74) is 0.438. The van der Waals surface area contributed by atoms with Gasteiger partial charge in [0, 0.05) is 24.5 Å². The molecule has 0 saturated carbocycles. The molecular formula is C14H24IN3O. The number of likely N-dealkylation sites (tertiary alicyclic amines) is 1. The molecule has 1 saturated heterocycles. The molecule has 4 nitrogen and oxygen atoms in total. The van der Waals surface area contributed by atoms with Crippen molar-refractivity contribution < 1.29 is 4.42 Å². The summed E-state index contributed by atoms with van der Waals surface area (Å²) in [4.78, 5) is 6.68. The maximum atomic E-state index is 5.32. The topological polar surface area (TPSA) is 40.8 Å². The molecule has 1 fully saturated rings. The van der Waals surface area contributed by atoms with Gasteiger partial charge in [-0.1, -0.05) is 13.8 Å². The molecule has 0 aliphatic carbocycles. The number of nitrogens with zero attached hydrogens (tertiary/aromatic N) is 2. The van der Waals surface area contributed by atoms with Crippen LogP contribution in [0.1, 0.15) is 33.5 Å². The third-order valence-electron chi connectivity index (χ3n) is 4.35. The predicted octanol–water partition coefficient (Wildman–Crippen LogP) is 3.09. The molecule has 0 bridgehead atoms. The first kappa shape index (κ1) is 16.3. The summed E-state index contributed by atoms with van der Waals surface area (Å²) in [6.07, 6.45) is 1.69. The number of nitrogens with one attached hydrogen (secondary N) is 1. The van der Waals surface area contributed by atoms with Crippen LogP contribution in [0.25, 0.3) is 0 Å². The minimum atomic E-state index is 0. The van der Waals surface area contributed by atoms with Gasteiger partial charge in [0.2, 0.25) is 0 Å². The third kappa shape index (κ3) is 2.90. The summed E-state index contributed by atoms with van der Waals surface area (Å²) in [6, 6.07) is 3.86. The Morgan fingerprint density at radius 1 is 1.42 bits per heavy atom. The van der Waals surface area contributed by atoms with Crippen molar-refractivity contribution in [1.29, 1.82) is 0 Å². The van der Waals surface area contributed by atoms with Gasteiger partial charge < -0.3 is 14.6 Å². The first-order valence-corrected chi connectivity index (χ1v) is 6.39. The average molecular weight is 377 g/mol. The number of hydrogen-bond acceptors (Lipinski definition) is 2. The minimum Gasteiger partial charge on any atom is -0.467 e. The summed E-state index contributed by atoms with van der Waals surface area (Å²) in [5, 5.41) is 3.35. The van der Waals surface area contributed by atoms with Crippen LogP contribution in [-0.4, -0.2) is 30.0 Å². The van der Waals surface area contributed by atoms with E-state index in [0.29, 0.717) is 12.0 Å². The lowest BCUT2D eigenvalue weighted by Crippen LogP contribution is -2.72. The number of aliphatic imine (C=N–C) groups is 1. The zero-order valence-corrected chi connectivity index (χ0v) is 14.7. The van der Waals surface area contributed by atoms with Gasteiger partial charge in [-0.15, -0.1) is 24.0 Å². The Kier molecular flexibility index (Phi) is 4.92. The SMILES string of the molecule is CN=C(NCc1ccco1)N1CC(C)(C)C1(C)C.I. The minimum absolute atomic E-state index is 0. The number of rotatable bonds is 2. The van der Waals surface area contributed by atoms with Crippen molar-refractivity contribution in [3.8, 4) is 0 Å². The van der Waals surface area contributed by atoms with Gasteiger partial charge in [-0.2, -0.15) is 0 Å². The lowest BCUT2D eigenvalue weighted by molar-refractivity contribution is -0.0668. The number of guanidine groups is 1. The second-order valence-electron chi connectivity index (χ2n) is 6.01. The van der Waals surface area contributed by atoms with E-state index in [-0.39, 0.29) is 29.5 Å². The summed E-state index contributed by atoms with van der Waals surface area (Å²) in [6.45, 7) is 10.8. The Hall–Kier alpha value is -0.720. The average Bonchev–Trinajstić information content (AvgIpc) is 2.81. The van der Waals surface area contributed by atoms with Crippen LogP contribution in [0.15, 0.2) is 27.8 Å². The number of halogens is 1. The standard InChI is InChI=1S/C14H23N3O.HI/c1-13(2)10-17(14(13,3)4)12(15-5)16-9-11-7-6-8-18-11;/h6-8H,9-10H2,1-5H3,(H,15,16);1H. The molecule has 19 heavy (non-hydrogen) atoms. The van der Waals surface area contributed by atoms with Crippen molar-refractivity contribution >= 4 is 29.9 Å². The molecule has 5 heteroatoms. The fourth-order valence-corrected chi connectivity index (χ4v) is 2.27. The summed E-state index contributed by atoms with van der Waals surface area (Å²) >= 11 is 0. The molecule has 0 unspecified atom stereocenters. The molecule has 0 aromatic carbocycles. The molecule has 1 aromatic heterocycles. The van der Waals surface area contributed by atoms with E-state index >= 15 is 0 Å². The summed E-state index contributed by atoms with van der Waals surface area (Å²) in [5.74, 6) is 1.87. The largest absolute Gasteiger partial charge is 0.467 e. The smallest absolute Gasteiger partial charge is 0.194 e. The van der Waals surface area contributed by atoms with Gasteiger partial charge in [0.05, 0.1) is 12.8 Å². The maximum Gasteiger partial charge on any atom is 0.194 e. The van der Waals surface area contributed by atoms with E-state index in [4.69, 9.17) is 4.42 Å². The quantitative estimate of drug-likeness (QED) is 0.489. The monoisotopic (exact) mass is 377 g/mol. The highest BCUT2D eigenvalue weighted by Crippen LogP contribution is 2.46. The molecule has 2 heterocycles. The molecule has 0 spiro atoms. The van der Waals surface area contributed by atoms with E-state index < -0.39 is 0 Å². The van der Waals surface area contributed by atoms with Gasteiger partial charge in [-0.25, -0.2) is 0 Å². The van der Waals surface area contributed by atoms with E-state index in [1.54, 1.807) is 6.26 Å². The van der Waals surface area contributed by atoms with Crippen molar-refractivity contribution in [2.75, 3.05) is 13.6 Å². The fourth-order valence-electron chi connectivity index (χ4n) is 2.27. The molecule has 1 aliphatic rings. The second kappa shape index (κ2) is 5.73. The maximum absolute atomic E-state index is 5.32. The highest BCUT2D eigenvalue weighted by Gasteiger charge is 2.53. The van der Waals surface area contributed by atoms with E-state index in [9.17, 15) is 0 Å². The van der Waals surface area contributed by atoms with Gasteiger partial charge in [0.15, 0.2) is 5.96 Å². The summed E-state index contributed by atoms with van der Waals surface area (Å²) in [7, 11) is 1.83. The van der Waals surface area contributed by atoms with Crippen LogP contribution in [0.3, 0.4) is 0 Å². The fraction of sp³-hybridized carbons (Fsp3) is 0.643. The highest BCUT2D eigenvalue weighted by atomic mass is 127. The normalized spacial score (nSPS) is 20.5. The Morgan fingerprint density at radius 2 is 2.11 bits per heavy atom. The van der Waals surface area contributed by atoms with Crippen LogP contribution < -0.4 is 5.32 Å². The zero-order chi connectivity index (χ0) is 13.4. The Morgan fingerprint density at radius 3 is 2.53 bits per heavy atom. The molecule has 1 N–H and O–H groups in total. The number of furan rings is 1. The lowest BCUT2D eigenvalue weighted by atomic mass is 9.65. The van der Waals surface area contributed by atoms with Gasteiger partial charge in [-0.3, -0.25) is 4.99 Å². The van der Waals surface area contributed by atoms with Crippen LogP contribution in [0.4, 0.5) is 0 Å². The lowest BCUT2D eigenvalue weighted by Gasteiger charge is -2.62. The molecule has 108 valence electrons. The van der Waals surface area contributed by atoms with Gasteiger partial charge >= 0.3 is 0 Å². The molecule has 2 rings (SSSR count). The van der Waals surface area contributed by atoms with Crippen LogP contribution in [0.2, 0.25) is 0 Å². The van der Waals surface area contributed by atoms with Crippen molar-refractivity contribution in [3.05, 3.63) is 24.2 Å². The zero-order valence-electron chi connectivity index (χ0n) is 12.4. The van der Waals surface area contributed by atoms with E-state index in [1.165, 1.54) is 0 Å². The van der Waals surface area contributed by atoms with Gasteiger partial charge in [-0.05, 0) is 26.0 Å². The van der Waals surface area contributed by atoms with Crippen LogP contribution in [0.5, 0.6) is 0 Å². The van der Waals surface area contributed by atoms with Crippen LogP contribution in [0, 0.1) is 5.41 Å². The Bertz CT molecular complexity index is 438. The Balaban J connectivity index is 0.00000180. The van der Waals surface area contributed by atoms with Crippen molar-refractivity contribution in [3.63, 3.8) is 0 Å². The van der Waals surface area contributed by atoms with Crippen LogP contribution >= 0.6 is 24.0 Å². The molecular weight excluding hydrogens is 353 g/mol. The van der Waals surface area contributed by atoms with Gasteiger partial charge in [0.1, 0.15) is 5.76 Å². The van der Waals surface area contributed by atoms with Crippen molar-refractivity contribution in [2.24, 2.45) is 10.4 Å². The molecule has 1 aromatic rings. The second-order valence-corrected chi connectivity index (χ2v) is 6.01. The molecule has 0 radical (unpaired) electrons. The predicted molar refractivity (Wildman–Crippen MR) is 88.9 cm³/mol.